The maximum Gasteiger partial charge on any atom is 0.272 e. The van der Waals surface area contributed by atoms with E-state index < -0.39 is 16.6 Å². The molecule has 1 N–H and O–H groups in total. The Morgan fingerprint density at radius 2 is 2.11 bits per heavy atom. The third-order valence-electron chi connectivity index (χ3n) is 2.50. The highest BCUT2D eigenvalue weighted by molar-refractivity contribution is 9.09. The van der Waals surface area contributed by atoms with Crippen molar-refractivity contribution < 1.29 is 14.1 Å². The first-order chi connectivity index (χ1) is 9.06. The smallest absolute Gasteiger partial charge is 0.272 e. The molecule has 19 heavy (non-hydrogen) atoms. The molecule has 0 saturated carbocycles. The summed E-state index contributed by atoms with van der Waals surface area (Å²) in [6, 6.07) is 2.99. The highest BCUT2D eigenvalue weighted by atomic mass is 79.9. The van der Waals surface area contributed by atoms with Gasteiger partial charge in [-0.05, 0) is 18.9 Å². The molecule has 0 radical (unpaired) electrons. The zero-order valence-electron chi connectivity index (χ0n) is 10.2. The van der Waals surface area contributed by atoms with Crippen molar-refractivity contribution in [1.29, 1.82) is 0 Å². The average Bonchev–Trinajstić information content (AvgIpc) is 2.38. The Hall–Kier alpha value is -1.50. The van der Waals surface area contributed by atoms with Crippen molar-refractivity contribution in [2.24, 2.45) is 0 Å². The summed E-state index contributed by atoms with van der Waals surface area (Å²) in [6.45, 7) is 0.461. The van der Waals surface area contributed by atoms with Crippen LogP contribution in [0.3, 0.4) is 0 Å². The molecule has 0 spiro atoms. The molecule has 0 heterocycles. The summed E-state index contributed by atoms with van der Waals surface area (Å²) in [7, 11) is 0. The van der Waals surface area contributed by atoms with E-state index in [1.165, 1.54) is 0 Å². The Kier molecular flexibility index (Phi) is 6.41. The zero-order valence-corrected chi connectivity index (χ0v) is 11.8. The van der Waals surface area contributed by atoms with Gasteiger partial charge in [-0.1, -0.05) is 22.4 Å². The minimum absolute atomic E-state index is 0.175. The lowest BCUT2D eigenvalue weighted by Crippen LogP contribution is -2.25. The van der Waals surface area contributed by atoms with E-state index in [-0.39, 0.29) is 11.3 Å². The van der Waals surface area contributed by atoms with Crippen LogP contribution in [0.15, 0.2) is 18.2 Å². The molecule has 0 atom stereocenters. The minimum Gasteiger partial charge on any atom is -0.352 e. The summed E-state index contributed by atoms with van der Waals surface area (Å²) in [6.07, 6.45) is 2.79. The number of carbonyl (C=O) groups excluding carboxylic acids is 1. The van der Waals surface area contributed by atoms with Crippen LogP contribution in [0.4, 0.5) is 10.1 Å². The van der Waals surface area contributed by atoms with Crippen LogP contribution in [0.1, 0.15) is 29.6 Å². The van der Waals surface area contributed by atoms with E-state index >= 15 is 0 Å². The van der Waals surface area contributed by atoms with Gasteiger partial charge in [0.05, 0.1) is 16.6 Å². The van der Waals surface area contributed by atoms with Gasteiger partial charge in [0.25, 0.3) is 11.6 Å². The van der Waals surface area contributed by atoms with Gasteiger partial charge in [0.1, 0.15) is 5.82 Å². The second-order valence-electron chi connectivity index (χ2n) is 3.93. The number of nitrogens with zero attached hydrogens (tertiary/aromatic N) is 1. The number of unbranched alkanes of at least 4 members (excludes halogenated alkanes) is 2. The van der Waals surface area contributed by atoms with Crippen molar-refractivity contribution in [2.75, 3.05) is 11.9 Å². The van der Waals surface area contributed by atoms with E-state index in [2.05, 4.69) is 21.2 Å². The maximum absolute atomic E-state index is 13.5. The molecule has 0 unspecified atom stereocenters. The van der Waals surface area contributed by atoms with E-state index in [0.29, 0.717) is 6.54 Å². The van der Waals surface area contributed by atoms with Crippen molar-refractivity contribution in [3.8, 4) is 0 Å². The van der Waals surface area contributed by atoms with Crippen LogP contribution in [0.25, 0.3) is 0 Å². The number of nitro groups is 1. The number of carbonyl (C=O) groups is 1. The Labute approximate surface area is 118 Å². The molecule has 0 saturated heterocycles. The molecule has 0 bridgehead atoms. The van der Waals surface area contributed by atoms with E-state index in [1.54, 1.807) is 0 Å². The Balaban J connectivity index is 2.55. The largest absolute Gasteiger partial charge is 0.352 e. The minimum atomic E-state index is -0.882. The molecule has 0 aliphatic carbocycles. The lowest BCUT2D eigenvalue weighted by atomic mass is 10.1. The fourth-order valence-electron chi connectivity index (χ4n) is 1.50. The van der Waals surface area contributed by atoms with Crippen LogP contribution >= 0.6 is 15.9 Å². The third kappa shape index (κ3) is 4.94. The highest BCUT2D eigenvalue weighted by Crippen LogP contribution is 2.16. The number of nitrogens with one attached hydrogen (secondary N) is 1. The lowest BCUT2D eigenvalue weighted by molar-refractivity contribution is -0.385. The fraction of sp³-hybridized carbons (Fsp3) is 0.417. The number of alkyl halides is 1. The number of hydrogen-bond donors (Lipinski definition) is 1. The summed E-state index contributed by atoms with van der Waals surface area (Å²) < 4.78 is 13.5. The highest BCUT2D eigenvalue weighted by Gasteiger charge is 2.15. The molecule has 0 aliphatic rings. The molecule has 0 aliphatic heterocycles. The molecule has 1 rings (SSSR count). The molecular weight excluding hydrogens is 319 g/mol. The average molecular weight is 333 g/mol. The van der Waals surface area contributed by atoms with Crippen LogP contribution in [-0.2, 0) is 0 Å². The fourth-order valence-corrected chi connectivity index (χ4v) is 1.89. The summed E-state index contributed by atoms with van der Waals surface area (Å²) in [5.74, 6) is -1.43. The number of rotatable bonds is 7. The van der Waals surface area contributed by atoms with Gasteiger partial charge in [-0.15, -0.1) is 0 Å². The Morgan fingerprint density at radius 3 is 2.68 bits per heavy atom. The van der Waals surface area contributed by atoms with Gasteiger partial charge in [-0.25, -0.2) is 4.39 Å². The van der Waals surface area contributed by atoms with E-state index in [4.69, 9.17) is 0 Å². The van der Waals surface area contributed by atoms with Crippen molar-refractivity contribution in [3.63, 3.8) is 0 Å². The predicted octanol–water partition coefficient (Wildman–Crippen LogP) is 3.03. The first kappa shape index (κ1) is 15.6. The molecular formula is C12H14BrFN2O3. The lowest BCUT2D eigenvalue weighted by Gasteiger charge is -2.05. The Bertz CT molecular complexity index is 468. The van der Waals surface area contributed by atoms with E-state index in [9.17, 15) is 19.3 Å². The van der Waals surface area contributed by atoms with Crippen LogP contribution < -0.4 is 5.32 Å². The summed E-state index contributed by atoms with van der Waals surface area (Å²) in [5, 5.41) is 13.9. The second kappa shape index (κ2) is 7.83. The number of hydrogen-bond acceptors (Lipinski definition) is 3. The molecule has 5 nitrogen and oxygen atoms in total. The van der Waals surface area contributed by atoms with Crippen LogP contribution in [-0.4, -0.2) is 22.7 Å². The van der Waals surface area contributed by atoms with Gasteiger partial charge in [0.2, 0.25) is 0 Å². The van der Waals surface area contributed by atoms with Gasteiger partial charge in [-0.2, -0.15) is 0 Å². The zero-order chi connectivity index (χ0) is 14.3. The number of benzene rings is 1. The van der Waals surface area contributed by atoms with Crippen LogP contribution in [0.2, 0.25) is 0 Å². The van der Waals surface area contributed by atoms with Crippen molar-refractivity contribution in [2.45, 2.75) is 19.3 Å². The Morgan fingerprint density at radius 1 is 1.37 bits per heavy atom. The van der Waals surface area contributed by atoms with Gasteiger partial charge in [0, 0.05) is 17.9 Å². The number of halogens is 2. The SMILES string of the molecule is O=C(NCCCCCBr)c1ccc([N+](=O)[O-])cc1F. The molecule has 1 amide bonds. The van der Waals surface area contributed by atoms with Gasteiger partial charge < -0.3 is 5.32 Å². The first-order valence-electron chi connectivity index (χ1n) is 5.84. The maximum atomic E-state index is 13.5. The summed E-state index contributed by atoms with van der Waals surface area (Å²) >= 11 is 3.30. The summed E-state index contributed by atoms with van der Waals surface area (Å²) in [5.41, 5.74) is -0.544. The molecule has 1 aromatic rings. The van der Waals surface area contributed by atoms with Crippen molar-refractivity contribution in [1.82, 2.24) is 5.32 Å². The molecule has 7 heteroatoms. The van der Waals surface area contributed by atoms with Crippen molar-refractivity contribution in [3.05, 3.63) is 39.7 Å². The monoisotopic (exact) mass is 332 g/mol. The van der Waals surface area contributed by atoms with Crippen LogP contribution in [0.5, 0.6) is 0 Å². The number of non-ortho nitro benzene ring substituents is 1. The standard InChI is InChI=1S/C12H14BrFN2O3/c13-6-2-1-3-7-15-12(17)10-5-4-9(16(18)19)8-11(10)14/h4-5,8H,1-3,6-7H2,(H,15,17). The van der Waals surface area contributed by atoms with Gasteiger partial charge in [0.15, 0.2) is 0 Å². The van der Waals surface area contributed by atoms with Crippen LogP contribution in [0, 0.1) is 15.9 Å². The summed E-state index contributed by atoms with van der Waals surface area (Å²) in [4.78, 5) is 21.4. The molecule has 0 fully saturated rings. The first-order valence-corrected chi connectivity index (χ1v) is 6.96. The topological polar surface area (TPSA) is 72.2 Å². The number of amides is 1. The third-order valence-corrected chi connectivity index (χ3v) is 3.06. The molecule has 1 aromatic carbocycles. The normalized spacial score (nSPS) is 10.2. The van der Waals surface area contributed by atoms with Gasteiger partial charge in [-0.3, -0.25) is 14.9 Å². The predicted molar refractivity (Wildman–Crippen MR) is 73.0 cm³/mol. The molecule has 104 valence electrons. The second-order valence-corrected chi connectivity index (χ2v) is 4.72. The van der Waals surface area contributed by atoms with E-state index in [0.717, 1.165) is 42.8 Å². The van der Waals surface area contributed by atoms with E-state index in [1.807, 2.05) is 0 Å². The molecule has 0 aromatic heterocycles. The van der Waals surface area contributed by atoms with Crippen molar-refractivity contribution >= 4 is 27.5 Å². The quantitative estimate of drug-likeness (QED) is 0.361. The van der Waals surface area contributed by atoms with Gasteiger partial charge >= 0.3 is 0 Å². The number of nitro benzene ring substituents is 1.